The van der Waals surface area contributed by atoms with Crippen molar-refractivity contribution >= 4 is 5.91 Å². The number of carbonyl (C=O) groups excluding carboxylic acids is 1. The molecule has 1 heterocycles. The highest BCUT2D eigenvalue weighted by Crippen LogP contribution is 2.06. The van der Waals surface area contributed by atoms with Crippen LogP contribution in [0.2, 0.25) is 0 Å². The number of rotatable bonds is 6. The zero-order valence-corrected chi connectivity index (χ0v) is 10.2. The van der Waals surface area contributed by atoms with E-state index in [1.807, 2.05) is 0 Å². The van der Waals surface area contributed by atoms with Gasteiger partial charge in [0.15, 0.2) is 12.4 Å². The maximum Gasteiger partial charge on any atom is 0.257 e. The summed E-state index contributed by atoms with van der Waals surface area (Å²) in [5, 5.41) is 2.72. The standard InChI is InChI=1S/C12H18N2O3/c1-3-4-6-14-11(16)8-17-12-9(2)13-7-5-10(12)15/h5,7H,3-4,6,8H2,1-2H3,(H,13,15)(H,14,16). The summed E-state index contributed by atoms with van der Waals surface area (Å²) in [4.78, 5) is 25.7. The van der Waals surface area contributed by atoms with Crippen molar-refractivity contribution in [1.29, 1.82) is 0 Å². The molecule has 0 saturated heterocycles. The third-order valence-corrected chi connectivity index (χ3v) is 2.30. The average Bonchev–Trinajstić information content (AvgIpc) is 2.29. The highest BCUT2D eigenvalue weighted by molar-refractivity contribution is 5.77. The number of hydrogen-bond acceptors (Lipinski definition) is 3. The number of ether oxygens (including phenoxy) is 1. The average molecular weight is 238 g/mol. The van der Waals surface area contributed by atoms with Crippen LogP contribution in [0.4, 0.5) is 0 Å². The van der Waals surface area contributed by atoms with Gasteiger partial charge < -0.3 is 15.0 Å². The van der Waals surface area contributed by atoms with Crippen LogP contribution in [0.5, 0.6) is 5.75 Å². The maximum absolute atomic E-state index is 11.4. The Kier molecular flexibility index (Phi) is 5.26. The van der Waals surface area contributed by atoms with Crippen LogP contribution in [0.1, 0.15) is 25.5 Å². The van der Waals surface area contributed by atoms with Crippen molar-refractivity contribution < 1.29 is 9.53 Å². The van der Waals surface area contributed by atoms with Gasteiger partial charge >= 0.3 is 0 Å². The van der Waals surface area contributed by atoms with Crippen molar-refractivity contribution in [3.05, 3.63) is 28.2 Å². The second kappa shape index (κ2) is 6.73. The molecule has 5 nitrogen and oxygen atoms in total. The number of nitrogens with one attached hydrogen (secondary N) is 2. The third kappa shape index (κ3) is 4.30. The molecule has 0 saturated carbocycles. The van der Waals surface area contributed by atoms with E-state index < -0.39 is 0 Å². The number of carbonyl (C=O) groups is 1. The van der Waals surface area contributed by atoms with Crippen molar-refractivity contribution in [3.8, 4) is 5.75 Å². The number of hydrogen-bond donors (Lipinski definition) is 2. The van der Waals surface area contributed by atoms with E-state index in [0.29, 0.717) is 12.2 Å². The van der Waals surface area contributed by atoms with Gasteiger partial charge in [0, 0.05) is 18.8 Å². The molecule has 0 aromatic carbocycles. The molecule has 1 aromatic rings. The van der Waals surface area contributed by atoms with Crippen LogP contribution < -0.4 is 15.5 Å². The molecule has 2 N–H and O–H groups in total. The molecule has 5 heteroatoms. The van der Waals surface area contributed by atoms with Crippen LogP contribution in [0.15, 0.2) is 17.1 Å². The summed E-state index contributed by atoms with van der Waals surface area (Å²) >= 11 is 0. The molecule has 17 heavy (non-hydrogen) atoms. The predicted molar refractivity (Wildman–Crippen MR) is 65.2 cm³/mol. The second-order valence-electron chi connectivity index (χ2n) is 3.79. The number of unbranched alkanes of at least 4 members (excludes halogenated alkanes) is 1. The third-order valence-electron chi connectivity index (χ3n) is 2.30. The quantitative estimate of drug-likeness (QED) is 0.726. The van der Waals surface area contributed by atoms with Crippen LogP contribution in [0, 0.1) is 6.92 Å². The Labute approximate surface area is 100 Å². The summed E-state index contributed by atoms with van der Waals surface area (Å²) < 4.78 is 5.20. The van der Waals surface area contributed by atoms with Gasteiger partial charge in [-0.1, -0.05) is 13.3 Å². The molecule has 0 radical (unpaired) electrons. The lowest BCUT2D eigenvalue weighted by molar-refractivity contribution is -0.123. The fraction of sp³-hybridized carbons (Fsp3) is 0.500. The molecule has 1 amide bonds. The number of H-pyrrole nitrogens is 1. The Morgan fingerprint density at radius 2 is 2.29 bits per heavy atom. The van der Waals surface area contributed by atoms with Gasteiger partial charge in [-0.3, -0.25) is 9.59 Å². The molecular formula is C12H18N2O3. The Hall–Kier alpha value is -1.78. The van der Waals surface area contributed by atoms with Crippen LogP contribution in [0.3, 0.4) is 0 Å². The first-order valence-corrected chi connectivity index (χ1v) is 5.73. The van der Waals surface area contributed by atoms with Crippen LogP contribution in [-0.4, -0.2) is 24.0 Å². The Balaban J connectivity index is 2.45. The first-order valence-electron chi connectivity index (χ1n) is 5.73. The minimum atomic E-state index is -0.220. The van der Waals surface area contributed by atoms with Crippen molar-refractivity contribution in [2.45, 2.75) is 26.7 Å². The first-order chi connectivity index (χ1) is 8.15. The predicted octanol–water partition coefficient (Wildman–Crippen LogP) is 0.978. The molecule has 0 aliphatic heterocycles. The molecule has 0 fully saturated rings. The first kappa shape index (κ1) is 13.3. The molecule has 0 aliphatic carbocycles. The largest absolute Gasteiger partial charge is 0.478 e. The number of aromatic nitrogens is 1. The normalized spacial score (nSPS) is 10.0. The van der Waals surface area contributed by atoms with E-state index in [-0.39, 0.29) is 23.7 Å². The highest BCUT2D eigenvalue weighted by atomic mass is 16.5. The lowest BCUT2D eigenvalue weighted by Gasteiger charge is -2.08. The van der Waals surface area contributed by atoms with E-state index in [1.54, 1.807) is 13.1 Å². The SMILES string of the molecule is CCCCNC(=O)COc1c(C)[nH]ccc1=O. The zero-order chi connectivity index (χ0) is 12.7. The fourth-order valence-electron chi connectivity index (χ4n) is 1.34. The van der Waals surface area contributed by atoms with Crippen molar-refractivity contribution in [2.75, 3.05) is 13.2 Å². The number of amides is 1. The van der Waals surface area contributed by atoms with Crippen LogP contribution in [0.25, 0.3) is 0 Å². The number of aromatic amines is 1. The van der Waals surface area contributed by atoms with Gasteiger partial charge in [-0.05, 0) is 13.3 Å². The van der Waals surface area contributed by atoms with Gasteiger partial charge in [-0.2, -0.15) is 0 Å². The summed E-state index contributed by atoms with van der Waals surface area (Å²) in [5.74, 6) is -0.000699. The lowest BCUT2D eigenvalue weighted by atomic mass is 10.3. The van der Waals surface area contributed by atoms with Gasteiger partial charge in [0.1, 0.15) is 0 Å². The molecule has 1 rings (SSSR count). The fourth-order valence-corrected chi connectivity index (χ4v) is 1.34. The van der Waals surface area contributed by atoms with E-state index in [0.717, 1.165) is 12.8 Å². The lowest BCUT2D eigenvalue weighted by Crippen LogP contribution is -2.30. The summed E-state index contributed by atoms with van der Waals surface area (Å²) in [6, 6.07) is 1.37. The summed E-state index contributed by atoms with van der Waals surface area (Å²) in [6.07, 6.45) is 3.52. The van der Waals surface area contributed by atoms with Crippen LogP contribution in [-0.2, 0) is 4.79 Å². The van der Waals surface area contributed by atoms with Gasteiger partial charge in [0.05, 0.1) is 5.69 Å². The maximum atomic E-state index is 11.4. The number of aryl methyl sites for hydroxylation is 1. The van der Waals surface area contributed by atoms with Gasteiger partial charge in [-0.15, -0.1) is 0 Å². The van der Waals surface area contributed by atoms with Crippen LogP contribution >= 0.6 is 0 Å². The molecule has 0 unspecified atom stereocenters. The van der Waals surface area contributed by atoms with Crippen molar-refractivity contribution in [3.63, 3.8) is 0 Å². The molecular weight excluding hydrogens is 220 g/mol. The molecule has 0 spiro atoms. The van der Waals surface area contributed by atoms with Crippen molar-refractivity contribution in [2.24, 2.45) is 0 Å². The summed E-state index contributed by atoms with van der Waals surface area (Å²) in [7, 11) is 0. The molecule has 1 aromatic heterocycles. The Morgan fingerprint density at radius 1 is 1.53 bits per heavy atom. The molecule has 0 aliphatic rings. The van der Waals surface area contributed by atoms with E-state index in [9.17, 15) is 9.59 Å². The van der Waals surface area contributed by atoms with Gasteiger partial charge in [0.2, 0.25) is 5.43 Å². The summed E-state index contributed by atoms with van der Waals surface area (Å²) in [6.45, 7) is 4.29. The topological polar surface area (TPSA) is 71.2 Å². The molecule has 0 atom stereocenters. The molecule has 0 bridgehead atoms. The van der Waals surface area contributed by atoms with E-state index in [2.05, 4.69) is 17.2 Å². The second-order valence-corrected chi connectivity index (χ2v) is 3.79. The van der Waals surface area contributed by atoms with Crippen molar-refractivity contribution in [1.82, 2.24) is 10.3 Å². The Morgan fingerprint density at radius 3 is 2.94 bits per heavy atom. The van der Waals surface area contributed by atoms with E-state index in [4.69, 9.17) is 4.74 Å². The molecule has 94 valence electrons. The van der Waals surface area contributed by atoms with Gasteiger partial charge in [-0.25, -0.2) is 0 Å². The smallest absolute Gasteiger partial charge is 0.257 e. The van der Waals surface area contributed by atoms with Gasteiger partial charge in [0.25, 0.3) is 5.91 Å². The minimum absolute atomic E-state index is 0.127. The van der Waals surface area contributed by atoms with E-state index in [1.165, 1.54) is 6.07 Å². The minimum Gasteiger partial charge on any atom is -0.478 e. The number of pyridine rings is 1. The highest BCUT2D eigenvalue weighted by Gasteiger charge is 2.07. The Bertz CT molecular complexity index is 426. The zero-order valence-electron chi connectivity index (χ0n) is 10.2. The monoisotopic (exact) mass is 238 g/mol. The van der Waals surface area contributed by atoms with E-state index >= 15 is 0 Å². The summed E-state index contributed by atoms with van der Waals surface area (Å²) in [5.41, 5.74) is 0.404.